The molecule has 1 amide bonds. The van der Waals surface area contributed by atoms with Gasteiger partial charge in [-0.2, -0.15) is 0 Å². The lowest BCUT2D eigenvalue weighted by Crippen LogP contribution is -2.62. The van der Waals surface area contributed by atoms with Gasteiger partial charge in [0.1, 0.15) is 30.1 Å². The maximum Gasteiger partial charge on any atom is 0.220 e. The molecule has 50 heavy (non-hydrogen) atoms. The molecule has 0 spiro atoms. The second kappa shape index (κ2) is 13.6. The molecule has 4 aliphatic carbocycles. The minimum atomic E-state index is -0.804. The number of nitrogens with one attached hydrogen (secondary N) is 1. The molecule has 1 aliphatic heterocycles. The smallest absolute Gasteiger partial charge is 0.220 e. The van der Waals surface area contributed by atoms with Crippen LogP contribution in [-0.2, 0) is 9.53 Å². The van der Waals surface area contributed by atoms with E-state index in [1.807, 2.05) is 0 Å². The van der Waals surface area contributed by atoms with E-state index in [0.29, 0.717) is 41.8 Å². The summed E-state index contributed by atoms with van der Waals surface area (Å²) in [7, 11) is 0. The van der Waals surface area contributed by atoms with E-state index in [1.165, 1.54) is 6.33 Å². The van der Waals surface area contributed by atoms with Gasteiger partial charge in [0.2, 0.25) is 5.91 Å². The zero-order valence-corrected chi connectivity index (χ0v) is 29.5. The van der Waals surface area contributed by atoms with Gasteiger partial charge in [-0.15, -0.1) is 0 Å². The second-order valence-corrected chi connectivity index (χ2v) is 16.6. The zero-order chi connectivity index (χ0) is 35.5. The van der Waals surface area contributed by atoms with E-state index in [0.717, 1.165) is 38.5 Å². The summed E-state index contributed by atoms with van der Waals surface area (Å²) in [4.78, 5) is 21.5. The molecule has 14 atom stereocenters. The molecule has 2 aromatic heterocycles. The highest BCUT2D eigenvalue weighted by molar-refractivity contribution is 5.92. The number of nitrogen functional groups attached to an aromatic ring is 1. The molecule has 3 heterocycles. The van der Waals surface area contributed by atoms with Crippen molar-refractivity contribution in [2.75, 3.05) is 18.9 Å². The Balaban J connectivity index is 0.964. The molecule has 0 radical (unpaired) electrons. The van der Waals surface area contributed by atoms with Crippen LogP contribution in [0.5, 0.6) is 0 Å². The fourth-order valence-electron chi connectivity index (χ4n) is 11.5. The standard InChI is InChI=1S/C38H55N5O7/c1-20(24-7-8-25-34-26(15-30(48)38(24,25)3)37(2)11-10-23(45)13-22(37)14-28(34)47)6-9-31(49)40-12-4-5-21-17-43(32-16-27(46)29(18-44)50-32)36-33(21)35(39)41-19-42-36/h17,19-20,22-30,32,34,44-48H,6-16,18H2,1-3H3,(H,40,49)(H2,39,41,42)/t20-,22+,23-,24-,25+,26+,27+,28-,29-,30+,32-,34+,37+,38-/m1/s1. The lowest BCUT2D eigenvalue weighted by atomic mass is 9.43. The van der Waals surface area contributed by atoms with Gasteiger partial charge in [0.15, 0.2) is 0 Å². The topological polar surface area (TPSA) is 196 Å². The number of nitrogens with zero attached hydrogens (tertiary/aromatic N) is 3. The van der Waals surface area contributed by atoms with Crippen molar-refractivity contribution in [2.24, 2.45) is 46.3 Å². The molecule has 12 heteroatoms. The lowest BCUT2D eigenvalue weighted by Gasteiger charge is -2.63. The number of carbonyl (C=O) groups is 1. The van der Waals surface area contributed by atoms with Crippen LogP contribution < -0.4 is 11.1 Å². The molecular weight excluding hydrogens is 638 g/mol. The van der Waals surface area contributed by atoms with Crippen LogP contribution in [-0.4, -0.2) is 89.6 Å². The Bertz CT molecular complexity index is 1640. The van der Waals surface area contributed by atoms with Crippen molar-refractivity contribution in [3.8, 4) is 11.8 Å². The molecule has 5 aliphatic rings. The maximum absolute atomic E-state index is 13.0. The first-order chi connectivity index (χ1) is 23.9. The average molecular weight is 694 g/mol. The van der Waals surface area contributed by atoms with Crippen LogP contribution in [0.4, 0.5) is 5.82 Å². The number of ether oxygens (including phenoxy) is 1. The van der Waals surface area contributed by atoms with Crippen molar-refractivity contribution >= 4 is 22.8 Å². The van der Waals surface area contributed by atoms with Crippen LogP contribution >= 0.6 is 0 Å². The predicted molar refractivity (Wildman–Crippen MR) is 186 cm³/mol. The van der Waals surface area contributed by atoms with Gasteiger partial charge in [0.25, 0.3) is 0 Å². The highest BCUT2D eigenvalue weighted by Gasteiger charge is 2.65. The molecule has 7 rings (SSSR count). The maximum atomic E-state index is 13.0. The van der Waals surface area contributed by atoms with Crippen molar-refractivity contribution in [1.29, 1.82) is 0 Å². The predicted octanol–water partition coefficient (Wildman–Crippen LogP) is 2.50. The number of aromatic nitrogens is 3. The lowest BCUT2D eigenvalue weighted by molar-refractivity contribution is -0.207. The number of aliphatic hydroxyl groups excluding tert-OH is 5. The third-order valence-electron chi connectivity index (χ3n) is 14.3. The summed E-state index contributed by atoms with van der Waals surface area (Å²) in [6, 6.07) is 0. The van der Waals surface area contributed by atoms with Crippen LogP contribution in [0.3, 0.4) is 0 Å². The van der Waals surface area contributed by atoms with Crippen molar-refractivity contribution in [3.63, 3.8) is 0 Å². The van der Waals surface area contributed by atoms with Crippen LogP contribution in [0.25, 0.3) is 11.0 Å². The molecule has 0 aromatic carbocycles. The first-order valence-electron chi connectivity index (χ1n) is 18.7. The van der Waals surface area contributed by atoms with E-state index < -0.39 is 30.6 Å². The number of anilines is 1. The molecule has 8 N–H and O–H groups in total. The molecule has 4 saturated carbocycles. The quantitative estimate of drug-likeness (QED) is 0.212. The molecule has 0 unspecified atom stereocenters. The van der Waals surface area contributed by atoms with Gasteiger partial charge in [0, 0.05) is 19.0 Å². The van der Waals surface area contributed by atoms with Gasteiger partial charge in [-0.25, -0.2) is 9.97 Å². The molecule has 5 fully saturated rings. The van der Waals surface area contributed by atoms with Crippen LogP contribution in [0.1, 0.15) is 96.8 Å². The van der Waals surface area contributed by atoms with Crippen LogP contribution in [0.2, 0.25) is 0 Å². The first kappa shape index (κ1) is 35.6. The first-order valence-corrected chi connectivity index (χ1v) is 18.7. The number of rotatable bonds is 7. The molecular formula is C38H55N5O7. The number of carbonyl (C=O) groups excluding carboxylic acids is 1. The normalized spacial score (nSPS) is 41.5. The van der Waals surface area contributed by atoms with E-state index in [4.69, 9.17) is 10.5 Å². The molecule has 1 saturated heterocycles. The summed E-state index contributed by atoms with van der Waals surface area (Å²) in [6.45, 7) is 6.67. The third-order valence-corrected chi connectivity index (χ3v) is 14.3. The Morgan fingerprint density at radius 3 is 2.66 bits per heavy atom. The highest BCUT2D eigenvalue weighted by Crippen LogP contribution is 2.68. The third kappa shape index (κ3) is 5.92. The summed E-state index contributed by atoms with van der Waals surface area (Å²) >= 11 is 0. The second-order valence-electron chi connectivity index (χ2n) is 16.6. The van der Waals surface area contributed by atoms with Gasteiger partial charge < -0.3 is 45.9 Å². The Morgan fingerprint density at radius 2 is 1.90 bits per heavy atom. The van der Waals surface area contributed by atoms with Gasteiger partial charge in [-0.1, -0.05) is 32.6 Å². The number of nitrogens with two attached hydrogens (primary N) is 1. The monoisotopic (exact) mass is 693 g/mol. The summed E-state index contributed by atoms with van der Waals surface area (Å²) in [5.74, 6) is 7.79. The Kier molecular flexibility index (Phi) is 9.71. The van der Waals surface area contributed by atoms with Crippen molar-refractivity contribution in [3.05, 3.63) is 18.1 Å². The fraction of sp³-hybridized carbons (Fsp3) is 0.763. The molecule has 12 nitrogen and oxygen atoms in total. The van der Waals surface area contributed by atoms with Gasteiger partial charge in [-0.05, 0) is 97.7 Å². The Labute approximate surface area is 294 Å². The van der Waals surface area contributed by atoms with Gasteiger partial charge >= 0.3 is 0 Å². The highest BCUT2D eigenvalue weighted by atomic mass is 16.5. The van der Waals surface area contributed by atoms with E-state index in [2.05, 4.69) is 47.9 Å². The Hall–Kier alpha value is -2.79. The van der Waals surface area contributed by atoms with E-state index >= 15 is 0 Å². The largest absolute Gasteiger partial charge is 0.394 e. The fourth-order valence-corrected chi connectivity index (χ4v) is 11.5. The average Bonchev–Trinajstić information content (AvgIpc) is 3.76. The number of aliphatic hydroxyl groups is 5. The number of hydrogen-bond acceptors (Lipinski definition) is 10. The molecule has 2 aromatic rings. The summed E-state index contributed by atoms with van der Waals surface area (Å²) in [6.07, 6.45) is 7.26. The number of amides is 1. The van der Waals surface area contributed by atoms with E-state index in [9.17, 15) is 30.3 Å². The van der Waals surface area contributed by atoms with Crippen molar-refractivity contribution in [2.45, 2.75) is 122 Å². The number of hydrogen-bond donors (Lipinski definition) is 7. The van der Waals surface area contributed by atoms with Crippen molar-refractivity contribution < 1.29 is 35.1 Å². The minimum absolute atomic E-state index is 0.0471. The molecule has 274 valence electrons. The van der Waals surface area contributed by atoms with Crippen LogP contribution in [0.15, 0.2) is 12.5 Å². The summed E-state index contributed by atoms with van der Waals surface area (Å²) < 4.78 is 7.58. The van der Waals surface area contributed by atoms with Gasteiger partial charge in [-0.3, -0.25) is 4.79 Å². The SMILES string of the molecule is C[C@H](CCC(=O)NCC#Cc1cn([C@H]2C[C@H](O)[C@@H](CO)O2)c2ncnc(N)c12)[C@H]1CC[C@H]2[C@@H]3[C@H](O)C[C@@H]4C[C@H](O)CC[C@]4(C)[C@H]3C[C@H](O)[C@]12C. The van der Waals surface area contributed by atoms with E-state index in [-0.39, 0.29) is 77.8 Å². The Morgan fingerprint density at radius 1 is 1.10 bits per heavy atom. The molecule has 0 bridgehead atoms. The number of fused-ring (bicyclic) bond motifs is 6. The van der Waals surface area contributed by atoms with Crippen molar-refractivity contribution in [1.82, 2.24) is 19.9 Å². The van der Waals surface area contributed by atoms with E-state index in [1.54, 1.807) is 10.8 Å². The summed E-state index contributed by atoms with van der Waals surface area (Å²) in [5, 5.41) is 57.1. The summed E-state index contributed by atoms with van der Waals surface area (Å²) in [5.41, 5.74) is 7.03. The van der Waals surface area contributed by atoms with Gasteiger partial charge in [0.05, 0.1) is 48.5 Å². The minimum Gasteiger partial charge on any atom is -0.394 e. The van der Waals surface area contributed by atoms with Crippen LogP contribution in [0, 0.1) is 58.2 Å². The zero-order valence-electron chi connectivity index (χ0n) is 29.5.